The van der Waals surface area contributed by atoms with Crippen LogP contribution in [-0.4, -0.2) is 64.2 Å². The van der Waals surface area contributed by atoms with Gasteiger partial charge in [0.1, 0.15) is 11.4 Å². The summed E-state index contributed by atoms with van der Waals surface area (Å²) in [4.78, 5) is 23.0. The van der Waals surface area contributed by atoms with E-state index in [0.717, 1.165) is 13.0 Å². The molecule has 0 fully saturated rings. The first-order valence-electron chi connectivity index (χ1n) is 9.07. The van der Waals surface area contributed by atoms with Gasteiger partial charge in [0.05, 0.1) is 12.3 Å². The van der Waals surface area contributed by atoms with E-state index in [9.17, 15) is 9.18 Å². The van der Waals surface area contributed by atoms with Gasteiger partial charge in [0.2, 0.25) is 5.95 Å². The SMILES string of the molecule is CCOC(=O)c1cnc2nc(NCCCN(C)C)nn2c1-c1ccccc1F. The summed E-state index contributed by atoms with van der Waals surface area (Å²) in [6.45, 7) is 3.50. The summed E-state index contributed by atoms with van der Waals surface area (Å²) in [7, 11) is 4.01. The average Bonchev–Trinajstić information content (AvgIpc) is 3.08. The molecule has 0 unspecified atom stereocenters. The van der Waals surface area contributed by atoms with Crippen LogP contribution in [-0.2, 0) is 4.74 Å². The Balaban J connectivity index is 2.03. The molecule has 0 bridgehead atoms. The van der Waals surface area contributed by atoms with E-state index < -0.39 is 11.8 Å². The number of hydrogen-bond donors (Lipinski definition) is 1. The zero-order valence-corrected chi connectivity index (χ0v) is 16.1. The van der Waals surface area contributed by atoms with Gasteiger partial charge in [-0.1, -0.05) is 12.1 Å². The van der Waals surface area contributed by atoms with Gasteiger partial charge in [-0.05, 0) is 46.1 Å². The molecule has 2 aromatic heterocycles. The Morgan fingerprint density at radius 3 is 2.82 bits per heavy atom. The molecule has 0 aliphatic carbocycles. The fourth-order valence-electron chi connectivity index (χ4n) is 2.78. The minimum Gasteiger partial charge on any atom is -0.462 e. The van der Waals surface area contributed by atoms with Crippen LogP contribution in [0, 0.1) is 5.82 Å². The molecule has 0 saturated heterocycles. The van der Waals surface area contributed by atoms with E-state index >= 15 is 0 Å². The van der Waals surface area contributed by atoms with Crippen LogP contribution in [0.2, 0.25) is 0 Å². The van der Waals surface area contributed by atoms with E-state index in [-0.39, 0.29) is 29.2 Å². The maximum atomic E-state index is 14.5. The number of hydrogen-bond acceptors (Lipinski definition) is 7. The molecule has 0 aliphatic heterocycles. The van der Waals surface area contributed by atoms with Crippen molar-refractivity contribution in [3.8, 4) is 11.3 Å². The minimum atomic E-state index is -0.592. The van der Waals surface area contributed by atoms with Gasteiger partial charge in [0.15, 0.2) is 0 Å². The van der Waals surface area contributed by atoms with Crippen molar-refractivity contribution in [1.82, 2.24) is 24.5 Å². The molecule has 0 atom stereocenters. The van der Waals surface area contributed by atoms with Gasteiger partial charge in [-0.3, -0.25) is 0 Å². The Bertz CT molecular complexity index is 972. The van der Waals surface area contributed by atoms with E-state index in [1.165, 1.54) is 16.8 Å². The largest absolute Gasteiger partial charge is 0.462 e. The molecule has 1 aromatic carbocycles. The van der Waals surface area contributed by atoms with Crippen LogP contribution in [0.4, 0.5) is 10.3 Å². The quantitative estimate of drug-likeness (QED) is 0.470. The highest BCUT2D eigenvalue weighted by atomic mass is 19.1. The predicted octanol–water partition coefficient (Wildman–Crippen LogP) is 2.47. The summed E-state index contributed by atoms with van der Waals surface area (Å²) in [5, 5.41) is 7.53. The first kappa shape index (κ1) is 19.7. The van der Waals surface area contributed by atoms with Crippen LogP contribution in [0.1, 0.15) is 23.7 Å². The van der Waals surface area contributed by atoms with Crippen molar-refractivity contribution in [3.63, 3.8) is 0 Å². The van der Waals surface area contributed by atoms with Crippen LogP contribution in [0.3, 0.4) is 0 Å². The lowest BCUT2D eigenvalue weighted by molar-refractivity contribution is 0.0526. The summed E-state index contributed by atoms with van der Waals surface area (Å²) in [5.74, 6) is -0.436. The van der Waals surface area contributed by atoms with Gasteiger partial charge in [-0.2, -0.15) is 9.50 Å². The molecule has 0 saturated carbocycles. The zero-order valence-electron chi connectivity index (χ0n) is 16.1. The molecule has 2 heterocycles. The molecule has 28 heavy (non-hydrogen) atoms. The molecule has 0 spiro atoms. The summed E-state index contributed by atoms with van der Waals surface area (Å²) in [6, 6.07) is 6.18. The lowest BCUT2D eigenvalue weighted by atomic mass is 10.1. The molecule has 0 radical (unpaired) electrons. The fraction of sp³-hybridized carbons (Fsp3) is 0.368. The van der Waals surface area contributed by atoms with Crippen LogP contribution < -0.4 is 5.32 Å². The van der Waals surface area contributed by atoms with Crippen molar-refractivity contribution in [1.29, 1.82) is 0 Å². The van der Waals surface area contributed by atoms with Crippen LogP contribution in [0.5, 0.6) is 0 Å². The molecule has 3 rings (SSSR count). The van der Waals surface area contributed by atoms with Crippen LogP contribution in [0.25, 0.3) is 17.0 Å². The highest BCUT2D eigenvalue weighted by molar-refractivity contribution is 5.96. The summed E-state index contributed by atoms with van der Waals surface area (Å²) < 4.78 is 21.0. The number of aromatic nitrogens is 4. The Kier molecular flexibility index (Phi) is 6.15. The second-order valence-electron chi connectivity index (χ2n) is 6.45. The summed E-state index contributed by atoms with van der Waals surface area (Å²) in [5.41, 5.74) is 0.612. The maximum Gasteiger partial charge on any atom is 0.341 e. The Morgan fingerprint density at radius 2 is 2.11 bits per heavy atom. The van der Waals surface area contributed by atoms with E-state index in [2.05, 4.69) is 25.3 Å². The molecule has 8 nitrogen and oxygen atoms in total. The normalized spacial score (nSPS) is 11.2. The number of benzene rings is 1. The van der Waals surface area contributed by atoms with E-state index in [1.54, 1.807) is 25.1 Å². The van der Waals surface area contributed by atoms with Crippen LogP contribution >= 0.6 is 0 Å². The second kappa shape index (κ2) is 8.75. The first-order valence-corrected chi connectivity index (χ1v) is 9.07. The number of rotatable bonds is 8. The number of nitrogens with one attached hydrogen (secondary N) is 1. The van der Waals surface area contributed by atoms with E-state index in [4.69, 9.17) is 4.74 Å². The number of fused-ring (bicyclic) bond motifs is 1. The highest BCUT2D eigenvalue weighted by Gasteiger charge is 2.22. The van der Waals surface area contributed by atoms with Gasteiger partial charge in [-0.25, -0.2) is 14.2 Å². The fourth-order valence-corrected chi connectivity index (χ4v) is 2.78. The van der Waals surface area contributed by atoms with Gasteiger partial charge >= 0.3 is 5.97 Å². The number of carbonyl (C=O) groups is 1. The van der Waals surface area contributed by atoms with Crippen molar-refractivity contribution in [2.45, 2.75) is 13.3 Å². The van der Waals surface area contributed by atoms with E-state index in [0.29, 0.717) is 12.5 Å². The highest BCUT2D eigenvalue weighted by Crippen LogP contribution is 2.27. The summed E-state index contributed by atoms with van der Waals surface area (Å²) in [6.07, 6.45) is 2.25. The Hall–Kier alpha value is -3.07. The number of anilines is 1. The maximum absolute atomic E-state index is 14.5. The lowest BCUT2D eigenvalue weighted by Gasteiger charge is -2.10. The third kappa shape index (κ3) is 4.25. The molecule has 3 aromatic rings. The third-order valence-electron chi connectivity index (χ3n) is 4.06. The van der Waals surface area contributed by atoms with E-state index in [1.807, 2.05) is 14.1 Å². The minimum absolute atomic E-state index is 0.128. The lowest BCUT2D eigenvalue weighted by Crippen LogP contribution is -2.16. The average molecular weight is 386 g/mol. The second-order valence-corrected chi connectivity index (χ2v) is 6.45. The zero-order chi connectivity index (χ0) is 20.1. The number of esters is 1. The number of ether oxygens (including phenoxy) is 1. The van der Waals surface area contributed by atoms with Gasteiger partial charge < -0.3 is 15.0 Å². The van der Waals surface area contributed by atoms with Gasteiger partial charge in [-0.15, -0.1) is 5.10 Å². The molecule has 148 valence electrons. The van der Waals surface area contributed by atoms with Crippen molar-refractivity contribution in [2.75, 3.05) is 39.1 Å². The van der Waals surface area contributed by atoms with Gasteiger partial charge in [0, 0.05) is 18.3 Å². The standard InChI is InChI=1S/C19H23FN6O2/c1-4-28-17(27)14-12-22-19-23-18(21-10-7-11-25(2)3)24-26(19)16(14)13-8-5-6-9-15(13)20/h5-6,8-9,12H,4,7,10-11H2,1-3H3,(H,21,24). The molecule has 0 aliphatic rings. The van der Waals surface area contributed by atoms with Crippen LogP contribution in [0.15, 0.2) is 30.5 Å². The number of nitrogens with zero attached hydrogens (tertiary/aromatic N) is 5. The molecular formula is C19H23FN6O2. The van der Waals surface area contributed by atoms with Crippen molar-refractivity contribution >= 4 is 17.7 Å². The third-order valence-corrected chi connectivity index (χ3v) is 4.06. The molecule has 0 amide bonds. The Labute approximate surface area is 162 Å². The first-order chi connectivity index (χ1) is 13.5. The van der Waals surface area contributed by atoms with Crippen molar-refractivity contribution in [2.24, 2.45) is 0 Å². The number of carbonyl (C=O) groups excluding carboxylic acids is 1. The molecule has 9 heteroatoms. The number of halogens is 1. The Morgan fingerprint density at radius 1 is 1.32 bits per heavy atom. The predicted molar refractivity (Wildman–Crippen MR) is 104 cm³/mol. The molecular weight excluding hydrogens is 363 g/mol. The smallest absolute Gasteiger partial charge is 0.341 e. The van der Waals surface area contributed by atoms with Crippen molar-refractivity contribution in [3.05, 3.63) is 41.8 Å². The summed E-state index contributed by atoms with van der Waals surface area (Å²) >= 11 is 0. The molecule has 1 N–H and O–H groups in total. The van der Waals surface area contributed by atoms with Crippen molar-refractivity contribution < 1.29 is 13.9 Å². The topological polar surface area (TPSA) is 84.6 Å². The monoisotopic (exact) mass is 386 g/mol. The van der Waals surface area contributed by atoms with Gasteiger partial charge in [0.25, 0.3) is 5.78 Å².